The molecular formula is C18H19ClN4O2S. The van der Waals surface area contributed by atoms with Gasteiger partial charge in [0.25, 0.3) is 5.56 Å². The van der Waals surface area contributed by atoms with Gasteiger partial charge < -0.3 is 4.90 Å². The van der Waals surface area contributed by atoms with E-state index >= 15 is 0 Å². The highest BCUT2D eigenvalue weighted by Gasteiger charge is 2.27. The Labute approximate surface area is 161 Å². The van der Waals surface area contributed by atoms with Crippen molar-refractivity contribution >= 4 is 40.2 Å². The molecule has 0 fully saturated rings. The molecule has 0 unspecified atom stereocenters. The summed E-state index contributed by atoms with van der Waals surface area (Å²) in [6, 6.07) is 7.01. The van der Waals surface area contributed by atoms with E-state index in [2.05, 4.69) is 17.6 Å². The van der Waals surface area contributed by atoms with E-state index in [-0.39, 0.29) is 23.8 Å². The SMILES string of the molecule is C=CCn1c(SCC(=O)N(C)C(C)(C)C#N)nc2ccc(Cl)cc2c1=O. The molecule has 26 heavy (non-hydrogen) atoms. The zero-order valence-electron chi connectivity index (χ0n) is 14.8. The molecule has 2 aromatic rings. The molecular weight excluding hydrogens is 372 g/mol. The second kappa shape index (κ2) is 7.94. The molecule has 136 valence electrons. The van der Waals surface area contributed by atoms with Gasteiger partial charge in [0.05, 0.1) is 22.7 Å². The number of nitrogens with zero attached hydrogens (tertiary/aromatic N) is 4. The van der Waals surface area contributed by atoms with Gasteiger partial charge in [-0.05, 0) is 32.0 Å². The van der Waals surface area contributed by atoms with E-state index in [4.69, 9.17) is 16.9 Å². The van der Waals surface area contributed by atoms with E-state index < -0.39 is 5.54 Å². The Morgan fingerprint density at radius 1 is 1.54 bits per heavy atom. The Balaban J connectivity index is 2.37. The molecule has 0 aliphatic carbocycles. The summed E-state index contributed by atoms with van der Waals surface area (Å²) in [4.78, 5) is 31.0. The quantitative estimate of drug-likeness (QED) is 0.430. The minimum absolute atomic E-state index is 0.0598. The van der Waals surface area contributed by atoms with Crippen LogP contribution in [0.3, 0.4) is 0 Å². The van der Waals surface area contributed by atoms with Gasteiger partial charge in [0.1, 0.15) is 5.54 Å². The van der Waals surface area contributed by atoms with E-state index in [9.17, 15) is 9.59 Å². The van der Waals surface area contributed by atoms with Crippen molar-refractivity contribution in [2.75, 3.05) is 12.8 Å². The largest absolute Gasteiger partial charge is 0.327 e. The van der Waals surface area contributed by atoms with Gasteiger partial charge >= 0.3 is 0 Å². The minimum atomic E-state index is -0.911. The maximum Gasteiger partial charge on any atom is 0.262 e. The summed E-state index contributed by atoms with van der Waals surface area (Å²) >= 11 is 7.13. The Hall–Kier alpha value is -2.30. The number of benzene rings is 1. The van der Waals surface area contributed by atoms with Crippen LogP contribution in [0.4, 0.5) is 0 Å². The standard InChI is InChI=1S/C18H19ClN4O2S/c1-5-8-23-16(25)13-9-12(19)6-7-14(13)21-17(23)26-10-15(24)22(4)18(2,3)11-20/h5-7,9H,1,8,10H2,2-4H3. The van der Waals surface area contributed by atoms with Crippen molar-refractivity contribution in [2.24, 2.45) is 0 Å². The van der Waals surface area contributed by atoms with Crippen molar-refractivity contribution in [2.45, 2.75) is 31.1 Å². The number of fused-ring (bicyclic) bond motifs is 1. The van der Waals surface area contributed by atoms with Crippen LogP contribution in [0.25, 0.3) is 10.9 Å². The minimum Gasteiger partial charge on any atom is -0.327 e. The predicted octanol–water partition coefficient (Wildman–Crippen LogP) is 3.09. The van der Waals surface area contributed by atoms with Crippen molar-refractivity contribution in [3.63, 3.8) is 0 Å². The van der Waals surface area contributed by atoms with Gasteiger partial charge in [-0.3, -0.25) is 14.2 Å². The first-order chi connectivity index (χ1) is 12.2. The zero-order chi connectivity index (χ0) is 19.5. The first-order valence-corrected chi connectivity index (χ1v) is 9.19. The number of rotatable bonds is 6. The lowest BCUT2D eigenvalue weighted by atomic mass is 10.1. The first-order valence-electron chi connectivity index (χ1n) is 7.83. The topological polar surface area (TPSA) is 79.0 Å². The summed E-state index contributed by atoms with van der Waals surface area (Å²) in [5.41, 5.74) is -0.634. The molecule has 6 nitrogen and oxygen atoms in total. The van der Waals surface area contributed by atoms with Crippen LogP contribution in [0, 0.1) is 11.3 Å². The fourth-order valence-corrected chi connectivity index (χ4v) is 3.28. The van der Waals surface area contributed by atoms with Gasteiger partial charge in [-0.25, -0.2) is 4.98 Å². The molecule has 1 aromatic carbocycles. The molecule has 2 rings (SSSR count). The molecule has 8 heteroatoms. The number of hydrogen-bond acceptors (Lipinski definition) is 5. The van der Waals surface area contributed by atoms with Crippen molar-refractivity contribution in [3.8, 4) is 6.07 Å². The van der Waals surface area contributed by atoms with Gasteiger partial charge in [0.2, 0.25) is 5.91 Å². The van der Waals surface area contributed by atoms with Crippen molar-refractivity contribution < 1.29 is 4.79 Å². The number of carbonyl (C=O) groups is 1. The molecule has 0 N–H and O–H groups in total. The molecule has 0 saturated carbocycles. The molecule has 0 aliphatic rings. The third-order valence-electron chi connectivity index (χ3n) is 4.00. The van der Waals surface area contributed by atoms with Crippen LogP contribution in [0.5, 0.6) is 0 Å². The maximum atomic E-state index is 12.7. The summed E-state index contributed by atoms with van der Waals surface area (Å²) < 4.78 is 1.46. The summed E-state index contributed by atoms with van der Waals surface area (Å²) in [5, 5.41) is 10.4. The number of amides is 1. The maximum absolute atomic E-state index is 12.7. The van der Waals surface area contributed by atoms with Crippen LogP contribution in [0.15, 0.2) is 40.8 Å². The third-order valence-corrected chi connectivity index (χ3v) is 5.20. The van der Waals surface area contributed by atoms with Crippen LogP contribution >= 0.6 is 23.4 Å². The average Bonchev–Trinajstić information content (AvgIpc) is 2.62. The Bertz CT molecular complexity index is 962. The lowest BCUT2D eigenvalue weighted by molar-refractivity contribution is -0.130. The van der Waals surface area contributed by atoms with Crippen LogP contribution in [-0.4, -0.2) is 38.7 Å². The molecule has 0 atom stereocenters. The van der Waals surface area contributed by atoms with Crippen LogP contribution in [0.2, 0.25) is 5.02 Å². The molecule has 0 spiro atoms. The highest BCUT2D eigenvalue weighted by atomic mass is 35.5. The Morgan fingerprint density at radius 2 is 2.23 bits per heavy atom. The van der Waals surface area contributed by atoms with Crippen molar-refractivity contribution in [1.29, 1.82) is 5.26 Å². The Kier molecular flexibility index (Phi) is 6.11. The van der Waals surface area contributed by atoms with E-state index in [1.165, 1.54) is 9.47 Å². The summed E-state index contributed by atoms with van der Waals surface area (Å²) in [6.07, 6.45) is 1.59. The van der Waals surface area contributed by atoms with E-state index in [0.29, 0.717) is 21.1 Å². The van der Waals surface area contributed by atoms with Crippen LogP contribution in [0.1, 0.15) is 13.8 Å². The third kappa shape index (κ3) is 4.09. The summed E-state index contributed by atoms with van der Waals surface area (Å²) in [7, 11) is 1.58. The van der Waals surface area contributed by atoms with E-state index in [0.717, 1.165) is 11.8 Å². The van der Waals surface area contributed by atoms with Crippen LogP contribution < -0.4 is 5.56 Å². The first kappa shape index (κ1) is 20.0. The highest BCUT2D eigenvalue weighted by Crippen LogP contribution is 2.21. The molecule has 0 saturated heterocycles. The molecule has 0 radical (unpaired) electrons. The highest BCUT2D eigenvalue weighted by molar-refractivity contribution is 7.99. The molecule has 1 aromatic heterocycles. The van der Waals surface area contributed by atoms with Gasteiger partial charge in [0.15, 0.2) is 5.16 Å². The molecule has 1 heterocycles. The second-order valence-electron chi connectivity index (χ2n) is 6.17. The number of allylic oxidation sites excluding steroid dienone is 1. The van der Waals surface area contributed by atoms with E-state index in [1.807, 2.05) is 0 Å². The lowest BCUT2D eigenvalue weighted by Gasteiger charge is -2.29. The molecule has 0 aliphatic heterocycles. The van der Waals surface area contributed by atoms with Gasteiger partial charge in [-0.1, -0.05) is 29.4 Å². The number of aromatic nitrogens is 2. The van der Waals surface area contributed by atoms with Gasteiger partial charge in [-0.15, -0.1) is 6.58 Å². The fourth-order valence-electron chi connectivity index (χ4n) is 2.18. The monoisotopic (exact) mass is 390 g/mol. The van der Waals surface area contributed by atoms with Gasteiger partial charge in [-0.2, -0.15) is 5.26 Å². The normalized spacial score (nSPS) is 11.2. The van der Waals surface area contributed by atoms with Crippen molar-refractivity contribution in [3.05, 3.63) is 46.2 Å². The zero-order valence-corrected chi connectivity index (χ0v) is 16.4. The average molecular weight is 391 g/mol. The Morgan fingerprint density at radius 3 is 2.85 bits per heavy atom. The molecule has 1 amide bonds. The predicted molar refractivity (Wildman–Crippen MR) is 104 cm³/mol. The number of halogens is 1. The number of nitriles is 1. The second-order valence-corrected chi connectivity index (χ2v) is 7.55. The van der Waals surface area contributed by atoms with Gasteiger partial charge in [0, 0.05) is 18.6 Å². The molecule has 0 bridgehead atoms. The fraction of sp³-hybridized carbons (Fsp3) is 0.333. The summed E-state index contributed by atoms with van der Waals surface area (Å²) in [5.74, 6) is -0.165. The number of hydrogen-bond donors (Lipinski definition) is 0. The number of thioether (sulfide) groups is 1. The lowest BCUT2D eigenvalue weighted by Crippen LogP contribution is -2.44. The number of carbonyl (C=O) groups excluding carboxylic acids is 1. The van der Waals surface area contributed by atoms with Crippen LogP contribution in [-0.2, 0) is 11.3 Å². The van der Waals surface area contributed by atoms with Crippen molar-refractivity contribution in [1.82, 2.24) is 14.5 Å². The van der Waals surface area contributed by atoms with E-state index in [1.54, 1.807) is 45.2 Å². The summed E-state index contributed by atoms with van der Waals surface area (Å²) in [6.45, 7) is 7.27. The smallest absolute Gasteiger partial charge is 0.262 e.